The first-order chi connectivity index (χ1) is 11.2. The van der Waals surface area contributed by atoms with Gasteiger partial charge in [-0.25, -0.2) is 10.4 Å². The van der Waals surface area contributed by atoms with Gasteiger partial charge in [0.25, 0.3) is 0 Å². The summed E-state index contributed by atoms with van der Waals surface area (Å²) in [5.41, 5.74) is 5.54. The number of hydrazone groups is 1. The maximum Gasteiger partial charge on any atom is 0.246 e. The van der Waals surface area contributed by atoms with Crippen molar-refractivity contribution < 1.29 is 4.79 Å². The van der Waals surface area contributed by atoms with Gasteiger partial charge in [-0.05, 0) is 12.0 Å². The Labute approximate surface area is 138 Å². The zero-order chi connectivity index (χ0) is 16.1. The average molecular weight is 326 g/mol. The number of rotatable bonds is 6. The lowest BCUT2D eigenvalue weighted by atomic mass is 10.1. The number of benzene rings is 1. The van der Waals surface area contributed by atoms with Crippen LogP contribution in [0.4, 0.5) is 0 Å². The topological polar surface area (TPSA) is 58.8 Å². The standard InChI is InChI=1S/C17H18N4OS/c1-2-14(10-13-6-4-3-5-7-13)19-20-16(22)11-15-12-21-8-9-23-17(21)18-15/h3-9,12H,2,10-11H2,1H3,(H,20,22)/b19-14-. The molecule has 5 nitrogen and oxygen atoms in total. The molecule has 1 aromatic carbocycles. The molecule has 2 aromatic heterocycles. The van der Waals surface area contributed by atoms with Gasteiger partial charge >= 0.3 is 0 Å². The van der Waals surface area contributed by atoms with E-state index in [1.807, 2.05) is 47.3 Å². The summed E-state index contributed by atoms with van der Waals surface area (Å²) in [5.74, 6) is -0.144. The SMILES string of the molecule is CC/C(Cc1ccccc1)=N/NC(=O)Cc1cn2ccsc2n1. The molecule has 0 aliphatic carbocycles. The van der Waals surface area contributed by atoms with Gasteiger partial charge in [0.15, 0.2) is 4.96 Å². The Kier molecular flexibility index (Phi) is 4.83. The molecule has 0 unspecified atom stereocenters. The molecule has 0 radical (unpaired) electrons. The minimum atomic E-state index is -0.144. The van der Waals surface area contributed by atoms with Crippen LogP contribution >= 0.6 is 11.3 Å². The fourth-order valence-corrected chi connectivity index (χ4v) is 3.00. The molecule has 0 spiro atoms. The highest BCUT2D eigenvalue weighted by molar-refractivity contribution is 7.15. The first-order valence-electron chi connectivity index (χ1n) is 7.54. The predicted molar refractivity (Wildman–Crippen MR) is 92.8 cm³/mol. The number of aromatic nitrogens is 2. The van der Waals surface area contributed by atoms with E-state index in [1.54, 1.807) is 11.3 Å². The number of amides is 1. The second-order valence-corrected chi connectivity index (χ2v) is 6.10. The molecule has 0 aliphatic rings. The molecule has 6 heteroatoms. The first kappa shape index (κ1) is 15.4. The lowest BCUT2D eigenvalue weighted by Crippen LogP contribution is -2.22. The summed E-state index contributed by atoms with van der Waals surface area (Å²) in [6.45, 7) is 2.04. The number of thiazole rings is 1. The molecular formula is C17H18N4OS. The van der Waals surface area contributed by atoms with Crippen molar-refractivity contribution in [2.45, 2.75) is 26.2 Å². The van der Waals surface area contributed by atoms with E-state index in [4.69, 9.17) is 0 Å². The third-order valence-corrected chi connectivity index (χ3v) is 4.25. The van der Waals surface area contributed by atoms with Crippen LogP contribution in [0.3, 0.4) is 0 Å². The molecule has 0 aliphatic heterocycles. The second kappa shape index (κ2) is 7.19. The van der Waals surface area contributed by atoms with E-state index < -0.39 is 0 Å². The predicted octanol–water partition coefficient (Wildman–Crippen LogP) is 3.06. The van der Waals surface area contributed by atoms with E-state index >= 15 is 0 Å². The number of hydrogen-bond acceptors (Lipinski definition) is 4. The third kappa shape index (κ3) is 4.04. The van der Waals surface area contributed by atoms with Crippen LogP contribution in [0.5, 0.6) is 0 Å². The van der Waals surface area contributed by atoms with Gasteiger partial charge in [-0.15, -0.1) is 11.3 Å². The minimum absolute atomic E-state index is 0.144. The summed E-state index contributed by atoms with van der Waals surface area (Å²) in [4.78, 5) is 17.3. The average Bonchev–Trinajstić information content (AvgIpc) is 3.13. The number of carbonyl (C=O) groups excluding carboxylic acids is 1. The summed E-state index contributed by atoms with van der Waals surface area (Å²) in [6.07, 6.45) is 5.59. The van der Waals surface area contributed by atoms with Crippen molar-refractivity contribution in [1.82, 2.24) is 14.8 Å². The van der Waals surface area contributed by atoms with E-state index in [1.165, 1.54) is 5.56 Å². The molecule has 1 amide bonds. The maximum atomic E-state index is 12.0. The molecule has 2 heterocycles. The van der Waals surface area contributed by atoms with Crippen molar-refractivity contribution in [1.29, 1.82) is 0 Å². The van der Waals surface area contributed by atoms with Crippen LogP contribution in [0.2, 0.25) is 0 Å². The summed E-state index contributed by atoms with van der Waals surface area (Å²) in [6, 6.07) is 10.1. The summed E-state index contributed by atoms with van der Waals surface area (Å²) < 4.78 is 1.92. The fraction of sp³-hybridized carbons (Fsp3) is 0.235. The quantitative estimate of drug-likeness (QED) is 0.559. The molecule has 118 valence electrons. The third-order valence-electron chi connectivity index (χ3n) is 3.48. The van der Waals surface area contributed by atoms with Gasteiger partial charge in [-0.3, -0.25) is 9.20 Å². The van der Waals surface area contributed by atoms with Gasteiger partial charge in [0.2, 0.25) is 5.91 Å². The van der Waals surface area contributed by atoms with E-state index in [0.29, 0.717) is 0 Å². The van der Waals surface area contributed by atoms with Gasteiger partial charge in [-0.1, -0.05) is 37.3 Å². The van der Waals surface area contributed by atoms with Crippen molar-refractivity contribution in [3.05, 3.63) is 59.4 Å². The molecule has 23 heavy (non-hydrogen) atoms. The van der Waals surface area contributed by atoms with Crippen molar-refractivity contribution >= 4 is 27.9 Å². The van der Waals surface area contributed by atoms with Crippen molar-refractivity contribution in [3.63, 3.8) is 0 Å². The smallest absolute Gasteiger partial charge is 0.246 e. The lowest BCUT2D eigenvalue weighted by molar-refractivity contribution is -0.120. The molecular weight excluding hydrogens is 308 g/mol. The van der Waals surface area contributed by atoms with Crippen LogP contribution in [0, 0.1) is 0 Å². The van der Waals surface area contributed by atoms with Crippen LogP contribution in [-0.4, -0.2) is 21.0 Å². The van der Waals surface area contributed by atoms with Crippen LogP contribution < -0.4 is 5.43 Å². The lowest BCUT2D eigenvalue weighted by Gasteiger charge is -2.05. The van der Waals surface area contributed by atoms with Crippen LogP contribution in [-0.2, 0) is 17.6 Å². The van der Waals surface area contributed by atoms with Gasteiger partial charge in [0, 0.05) is 29.9 Å². The zero-order valence-corrected chi connectivity index (χ0v) is 13.7. The number of imidazole rings is 1. The Hall–Kier alpha value is -2.47. The number of nitrogens with zero attached hydrogens (tertiary/aromatic N) is 3. The van der Waals surface area contributed by atoms with Gasteiger partial charge in [-0.2, -0.15) is 5.10 Å². The zero-order valence-electron chi connectivity index (χ0n) is 12.9. The fourth-order valence-electron chi connectivity index (χ4n) is 2.28. The summed E-state index contributed by atoms with van der Waals surface area (Å²) >= 11 is 1.55. The van der Waals surface area contributed by atoms with Crippen molar-refractivity contribution in [3.8, 4) is 0 Å². The normalized spacial score (nSPS) is 11.8. The molecule has 0 fully saturated rings. The Balaban J connectivity index is 1.58. The van der Waals surface area contributed by atoms with Crippen LogP contribution in [0.1, 0.15) is 24.6 Å². The highest BCUT2D eigenvalue weighted by Crippen LogP contribution is 2.11. The molecule has 0 atom stereocenters. The van der Waals surface area contributed by atoms with Gasteiger partial charge < -0.3 is 0 Å². The minimum Gasteiger partial charge on any atom is -0.297 e. The summed E-state index contributed by atoms with van der Waals surface area (Å²) in [5, 5.41) is 6.23. The Morgan fingerprint density at radius 1 is 1.30 bits per heavy atom. The number of nitrogens with one attached hydrogen (secondary N) is 1. The second-order valence-electron chi connectivity index (χ2n) is 5.23. The van der Waals surface area contributed by atoms with Crippen LogP contribution in [0.15, 0.2) is 53.2 Å². The van der Waals surface area contributed by atoms with E-state index in [-0.39, 0.29) is 12.3 Å². The monoisotopic (exact) mass is 326 g/mol. The van der Waals surface area contributed by atoms with Crippen molar-refractivity contribution in [2.24, 2.45) is 5.10 Å². The Morgan fingerprint density at radius 2 is 2.13 bits per heavy atom. The molecule has 0 saturated heterocycles. The Bertz CT molecular complexity index is 791. The number of fused-ring (bicyclic) bond motifs is 1. The first-order valence-corrected chi connectivity index (χ1v) is 8.42. The number of hydrogen-bond donors (Lipinski definition) is 1. The van der Waals surface area contributed by atoms with E-state index in [0.717, 1.165) is 29.2 Å². The molecule has 0 saturated carbocycles. The van der Waals surface area contributed by atoms with E-state index in [2.05, 4.69) is 27.6 Å². The van der Waals surface area contributed by atoms with Crippen LogP contribution in [0.25, 0.3) is 4.96 Å². The van der Waals surface area contributed by atoms with Gasteiger partial charge in [0.05, 0.1) is 12.1 Å². The number of carbonyl (C=O) groups is 1. The van der Waals surface area contributed by atoms with E-state index in [9.17, 15) is 4.79 Å². The summed E-state index contributed by atoms with van der Waals surface area (Å²) in [7, 11) is 0. The largest absolute Gasteiger partial charge is 0.297 e. The Morgan fingerprint density at radius 3 is 2.87 bits per heavy atom. The molecule has 3 aromatic rings. The molecule has 3 rings (SSSR count). The highest BCUT2D eigenvalue weighted by atomic mass is 32.1. The van der Waals surface area contributed by atoms with Crippen molar-refractivity contribution in [2.75, 3.05) is 0 Å². The maximum absolute atomic E-state index is 12.0. The molecule has 1 N–H and O–H groups in total. The highest BCUT2D eigenvalue weighted by Gasteiger charge is 2.08. The van der Waals surface area contributed by atoms with Gasteiger partial charge in [0.1, 0.15) is 0 Å². The molecule has 0 bridgehead atoms.